The first kappa shape index (κ1) is 10.3. The number of fused-ring (bicyclic) bond motifs is 1. The Labute approximate surface area is 101 Å². The molecule has 1 aliphatic rings. The lowest BCUT2D eigenvalue weighted by Gasteiger charge is -2.09. The van der Waals surface area contributed by atoms with Gasteiger partial charge in [-0.05, 0) is 42.4 Å². The summed E-state index contributed by atoms with van der Waals surface area (Å²) >= 11 is 0. The van der Waals surface area contributed by atoms with Crippen LogP contribution in [0.15, 0.2) is 36.4 Å². The molecule has 1 aliphatic carbocycles. The van der Waals surface area contributed by atoms with E-state index >= 15 is 0 Å². The van der Waals surface area contributed by atoms with Crippen LogP contribution in [-0.4, -0.2) is 11.3 Å². The second kappa shape index (κ2) is 4.21. The molecule has 0 bridgehead atoms. The van der Waals surface area contributed by atoms with Gasteiger partial charge in [0.25, 0.3) is 0 Å². The molecule has 2 aromatic rings. The second-order valence-corrected chi connectivity index (χ2v) is 4.70. The Morgan fingerprint density at radius 3 is 2.88 bits per heavy atom. The number of aldehydes is 1. The number of hydrogen-bond donors (Lipinski definition) is 1. The molecule has 0 amide bonds. The fourth-order valence-electron chi connectivity index (χ4n) is 2.76. The molecule has 1 aromatic carbocycles. The highest BCUT2D eigenvalue weighted by atomic mass is 16.1. The summed E-state index contributed by atoms with van der Waals surface area (Å²) in [6.07, 6.45) is 4.23. The molecule has 2 nitrogen and oxygen atoms in total. The van der Waals surface area contributed by atoms with E-state index in [0.29, 0.717) is 11.6 Å². The largest absolute Gasteiger partial charge is 0.356 e. The quantitative estimate of drug-likeness (QED) is 0.800. The van der Waals surface area contributed by atoms with Crippen LogP contribution in [0.25, 0.3) is 0 Å². The number of aromatic amines is 1. The van der Waals surface area contributed by atoms with Crippen molar-refractivity contribution in [3.8, 4) is 0 Å². The van der Waals surface area contributed by atoms with E-state index in [-0.39, 0.29) is 0 Å². The summed E-state index contributed by atoms with van der Waals surface area (Å²) in [5.41, 5.74) is 4.69. The highest BCUT2D eigenvalue weighted by molar-refractivity contribution is 5.73. The van der Waals surface area contributed by atoms with Crippen molar-refractivity contribution in [3.05, 3.63) is 58.9 Å². The molecule has 86 valence electrons. The molecule has 2 heteroatoms. The molecule has 3 rings (SSSR count). The smallest absolute Gasteiger partial charge is 0.166 e. The molecule has 1 atom stereocenters. The number of rotatable bonds is 3. The average molecular weight is 225 g/mol. The molecule has 0 saturated carbocycles. The summed E-state index contributed by atoms with van der Waals surface area (Å²) in [5, 5.41) is 0. The fraction of sp³-hybridized carbons (Fsp3) is 0.267. The van der Waals surface area contributed by atoms with Gasteiger partial charge in [0.05, 0.1) is 5.69 Å². The van der Waals surface area contributed by atoms with Crippen LogP contribution in [0.3, 0.4) is 0 Å². The lowest BCUT2D eigenvalue weighted by atomic mass is 9.95. The number of carbonyl (C=O) groups is 1. The predicted molar refractivity (Wildman–Crippen MR) is 67.4 cm³/mol. The van der Waals surface area contributed by atoms with Crippen LogP contribution in [0.2, 0.25) is 0 Å². The predicted octanol–water partition coefficient (Wildman–Crippen LogP) is 3.10. The first-order chi connectivity index (χ1) is 8.36. The van der Waals surface area contributed by atoms with Gasteiger partial charge >= 0.3 is 0 Å². The van der Waals surface area contributed by atoms with E-state index in [0.717, 1.165) is 19.1 Å². The fourth-order valence-corrected chi connectivity index (χ4v) is 2.76. The maximum Gasteiger partial charge on any atom is 0.166 e. The SMILES string of the molecule is O=Cc1cc2c([nH]1)CC[C@@H]2Cc1ccccc1. The summed E-state index contributed by atoms with van der Waals surface area (Å²) in [4.78, 5) is 13.9. The first-order valence-corrected chi connectivity index (χ1v) is 6.07. The Morgan fingerprint density at radius 1 is 1.29 bits per heavy atom. The Morgan fingerprint density at radius 2 is 2.12 bits per heavy atom. The van der Waals surface area contributed by atoms with Crippen molar-refractivity contribution in [1.82, 2.24) is 4.98 Å². The number of aromatic nitrogens is 1. The van der Waals surface area contributed by atoms with Crippen molar-refractivity contribution in [3.63, 3.8) is 0 Å². The molecule has 0 fully saturated rings. The standard InChI is InChI=1S/C15H15NO/c17-10-13-9-14-12(6-7-15(14)16-13)8-11-4-2-1-3-5-11/h1-5,9-10,12,16H,6-8H2/t12-/m1/s1. The van der Waals surface area contributed by atoms with Gasteiger partial charge in [0.1, 0.15) is 0 Å². The highest BCUT2D eigenvalue weighted by Crippen LogP contribution is 2.35. The molecule has 0 spiro atoms. The van der Waals surface area contributed by atoms with Crippen molar-refractivity contribution >= 4 is 6.29 Å². The lowest BCUT2D eigenvalue weighted by Crippen LogP contribution is -1.97. The van der Waals surface area contributed by atoms with Gasteiger partial charge in [-0.3, -0.25) is 4.79 Å². The molecule has 0 unspecified atom stereocenters. The van der Waals surface area contributed by atoms with Gasteiger partial charge in [-0.15, -0.1) is 0 Å². The van der Waals surface area contributed by atoms with Gasteiger partial charge in [-0.1, -0.05) is 30.3 Å². The van der Waals surface area contributed by atoms with Crippen molar-refractivity contribution in [2.24, 2.45) is 0 Å². The molecule has 0 radical (unpaired) electrons. The third-order valence-corrected chi connectivity index (χ3v) is 3.59. The highest BCUT2D eigenvalue weighted by Gasteiger charge is 2.24. The third kappa shape index (κ3) is 1.91. The van der Waals surface area contributed by atoms with Gasteiger partial charge < -0.3 is 4.98 Å². The molecule has 0 aliphatic heterocycles. The van der Waals surface area contributed by atoms with Crippen molar-refractivity contribution in [2.75, 3.05) is 0 Å². The van der Waals surface area contributed by atoms with E-state index in [9.17, 15) is 4.79 Å². The molecule has 1 aromatic heterocycles. The Kier molecular flexibility index (Phi) is 2.56. The monoisotopic (exact) mass is 225 g/mol. The summed E-state index contributed by atoms with van der Waals surface area (Å²) in [5.74, 6) is 0.567. The Balaban J connectivity index is 1.83. The summed E-state index contributed by atoms with van der Waals surface area (Å²) < 4.78 is 0. The van der Waals surface area contributed by atoms with Gasteiger partial charge in [-0.2, -0.15) is 0 Å². The number of H-pyrrole nitrogens is 1. The van der Waals surface area contributed by atoms with E-state index in [2.05, 4.69) is 29.2 Å². The van der Waals surface area contributed by atoms with Crippen molar-refractivity contribution < 1.29 is 4.79 Å². The van der Waals surface area contributed by atoms with Crippen molar-refractivity contribution in [2.45, 2.75) is 25.2 Å². The van der Waals surface area contributed by atoms with E-state index in [1.54, 1.807) is 0 Å². The minimum Gasteiger partial charge on any atom is -0.356 e. The zero-order valence-corrected chi connectivity index (χ0v) is 9.65. The topological polar surface area (TPSA) is 32.9 Å². The van der Waals surface area contributed by atoms with Crippen LogP contribution in [0.4, 0.5) is 0 Å². The molecule has 1 heterocycles. The number of carbonyl (C=O) groups excluding carboxylic acids is 1. The van der Waals surface area contributed by atoms with E-state index in [4.69, 9.17) is 0 Å². The van der Waals surface area contributed by atoms with E-state index in [1.165, 1.54) is 23.2 Å². The van der Waals surface area contributed by atoms with Crippen LogP contribution in [0, 0.1) is 0 Å². The zero-order valence-electron chi connectivity index (χ0n) is 9.65. The second-order valence-electron chi connectivity index (χ2n) is 4.70. The van der Waals surface area contributed by atoms with Gasteiger partial charge in [0.2, 0.25) is 0 Å². The summed E-state index contributed by atoms with van der Waals surface area (Å²) in [7, 11) is 0. The maximum absolute atomic E-state index is 10.7. The van der Waals surface area contributed by atoms with Crippen molar-refractivity contribution in [1.29, 1.82) is 0 Å². The minimum absolute atomic E-state index is 0.567. The molecule has 17 heavy (non-hydrogen) atoms. The van der Waals surface area contributed by atoms with Crippen LogP contribution in [0.1, 0.15) is 39.6 Å². The van der Waals surface area contributed by atoms with E-state index < -0.39 is 0 Å². The third-order valence-electron chi connectivity index (χ3n) is 3.59. The first-order valence-electron chi connectivity index (χ1n) is 6.07. The van der Waals surface area contributed by atoms with Crippen LogP contribution < -0.4 is 0 Å². The summed E-state index contributed by atoms with van der Waals surface area (Å²) in [6, 6.07) is 12.6. The van der Waals surface area contributed by atoms with Gasteiger partial charge in [-0.25, -0.2) is 0 Å². The number of aryl methyl sites for hydroxylation is 1. The number of nitrogens with one attached hydrogen (secondary N) is 1. The Bertz CT molecular complexity index is 527. The zero-order chi connectivity index (χ0) is 11.7. The number of hydrogen-bond acceptors (Lipinski definition) is 1. The molecule has 0 saturated heterocycles. The van der Waals surface area contributed by atoms with E-state index in [1.807, 2.05) is 12.1 Å². The average Bonchev–Trinajstić information content (AvgIpc) is 2.92. The van der Waals surface area contributed by atoms with Gasteiger partial charge in [0, 0.05) is 5.69 Å². The van der Waals surface area contributed by atoms with Gasteiger partial charge in [0.15, 0.2) is 6.29 Å². The minimum atomic E-state index is 0.567. The summed E-state index contributed by atoms with van der Waals surface area (Å²) in [6.45, 7) is 0. The maximum atomic E-state index is 10.7. The van der Waals surface area contributed by atoms with Crippen LogP contribution in [-0.2, 0) is 12.8 Å². The lowest BCUT2D eigenvalue weighted by molar-refractivity contribution is 0.111. The number of benzene rings is 1. The Hall–Kier alpha value is -1.83. The van der Waals surface area contributed by atoms with Crippen LogP contribution in [0.5, 0.6) is 0 Å². The molecular formula is C15H15NO. The molecular weight excluding hydrogens is 210 g/mol. The van der Waals surface area contributed by atoms with Crippen LogP contribution >= 0.6 is 0 Å². The normalized spacial score (nSPS) is 18.0. The molecule has 1 N–H and O–H groups in total.